The summed E-state index contributed by atoms with van der Waals surface area (Å²) in [5.74, 6) is 0. The molecule has 6 heteroatoms. The van der Waals surface area contributed by atoms with Gasteiger partial charge < -0.3 is 9.72 Å². The Hall–Kier alpha value is -0.980. The SMILES string of the molecule is CC1OCCC1n1c(=S)[nH]c2ccsc2c1=O. The molecule has 3 rings (SSSR count). The van der Waals surface area contributed by atoms with E-state index in [4.69, 9.17) is 17.0 Å². The second-order valence-corrected chi connectivity index (χ2v) is 5.50. The minimum Gasteiger partial charge on any atom is -0.376 e. The maximum Gasteiger partial charge on any atom is 0.272 e. The molecule has 0 spiro atoms. The van der Waals surface area contributed by atoms with Gasteiger partial charge in [0.1, 0.15) is 4.70 Å². The summed E-state index contributed by atoms with van der Waals surface area (Å²) in [6, 6.07) is 1.94. The maximum atomic E-state index is 12.4. The van der Waals surface area contributed by atoms with Gasteiger partial charge in [0.05, 0.1) is 17.7 Å². The molecule has 1 fully saturated rings. The summed E-state index contributed by atoms with van der Waals surface area (Å²) in [7, 11) is 0. The predicted molar refractivity (Wildman–Crippen MR) is 70.3 cm³/mol. The number of nitrogens with one attached hydrogen (secondary N) is 1. The molecular weight excluding hydrogens is 256 g/mol. The average molecular weight is 268 g/mol. The summed E-state index contributed by atoms with van der Waals surface area (Å²) < 4.78 is 8.40. The fourth-order valence-electron chi connectivity index (χ4n) is 2.31. The van der Waals surface area contributed by atoms with Crippen LogP contribution in [0.5, 0.6) is 0 Å². The second kappa shape index (κ2) is 4.04. The van der Waals surface area contributed by atoms with Gasteiger partial charge in [0.2, 0.25) is 0 Å². The van der Waals surface area contributed by atoms with Crippen LogP contribution in [0.15, 0.2) is 16.2 Å². The molecule has 2 aromatic rings. The molecule has 0 aliphatic carbocycles. The first-order valence-corrected chi connectivity index (χ1v) is 6.81. The van der Waals surface area contributed by atoms with E-state index in [1.807, 2.05) is 18.4 Å². The lowest BCUT2D eigenvalue weighted by molar-refractivity contribution is 0.106. The molecule has 0 aromatic carbocycles. The fraction of sp³-hybridized carbons (Fsp3) is 0.455. The molecule has 1 aliphatic heterocycles. The van der Waals surface area contributed by atoms with Crippen molar-refractivity contribution < 1.29 is 4.74 Å². The van der Waals surface area contributed by atoms with Gasteiger partial charge in [-0.25, -0.2) is 0 Å². The molecule has 90 valence electrons. The van der Waals surface area contributed by atoms with Crippen molar-refractivity contribution in [2.45, 2.75) is 25.5 Å². The van der Waals surface area contributed by atoms with Crippen LogP contribution in [0, 0.1) is 4.77 Å². The topological polar surface area (TPSA) is 47.0 Å². The molecule has 1 aliphatic rings. The lowest BCUT2D eigenvalue weighted by atomic mass is 10.1. The average Bonchev–Trinajstić information content (AvgIpc) is 2.88. The van der Waals surface area contributed by atoms with E-state index in [-0.39, 0.29) is 17.7 Å². The van der Waals surface area contributed by atoms with Crippen LogP contribution in [-0.2, 0) is 4.74 Å². The van der Waals surface area contributed by atoms with Crippen molar-refractivity contribution in [1.82, 2.24) is 9.55 Å². The zero-order valence-electron chi connectivity index (χ0n) is 9.30. The summed E-state index contributed by atoms with van der Waals surface area (Å²) in [4.78, 5) is 15.5. The standard InChI is InChI=1S/C11H12N2O2S2/c1-6-8(2-4-15-6)13-10(14)9-7(3-5-17-9)12-11(13)16/h3,5-6,8H,2,4H2,1H3,(H,12,16). The Labute approximate surface area is 107 Å². The molecule has 0 saturated carbocycles. The Morgan fingerprint density at radius 1 is 1.65 bits per heavy atom. The van der Waals surface area contributed by atoms with Crippen LogP contribution in [-0.4, -0.2) is 22.3 Å². The zero-order chi connectivity index (χ0) is 12.0. The number of rotatable bonds is 1. The van der Waals surface area contributed by atoms with E-state index in [9.17, 15) is 4.79 Å². The van der Waals surface area contributed by atoms with Crippen LogP contribution in [0.4, 0.5) is 0 Å². The van der Waals surface area contributed by atoms with E-state index in [2.05, 4.69) is 4.98 Å². The third-order valence-corrected chi connectivity index (χ3v) is 4.41. The number of hydrogen-bond acceptors (Lipinski definition) is 4. The van der Waals surface area contributed by atoms with E-state index < -0.39 is 0 Å². The highest BCUT2D eigenvalue weighted by Crippen LogP contribution is 2.25. The Morgan fingerprint density at radius 2 is 2.47 bits per heavy atom. The van der Waals surface area contributed by atoms with Gasteiger partial charge in [-0.15, -0.1) is 11.3 Å². The number of fused-ring (bicyclic) bond motifs is 1. The summed E-state index contributed by atoms with van der Waals surface area (Å²) in [5.41, 5.74) is 0.828. The molecule has 0 bridgehead atoms. The highest BCUT2D eigenvalue weighted by Gasteiger charge is 2.28. The molecular formula is C11H12N2O2S2. The molecule has 2 aromatic heterocycles. The van der Waals surface area contributed by atoms with Gasteiger partial charge >= 0.3 is 0 Å². The Bertz CT molecular complexity index is 670. The third kappa shape index (κ3) is 1.67. The number of thiophene rings is 1. The smallest absolute Gasteiger partial charge is 0.272 e. The van der Waals surface area contributed by atoms with Gasteiger partial charge in [0, 0.05) is 6.61 Å². The second-order valence-electron chi connectivity index (χ2n) is 4.20. The van der Waals surface area contributed by atoms with Crippen molar-refractivity contribution in [2.24, 2.45) is 0 Å². The summed E-state index contributed by atoms with van der Waals surface area (Å²) in [5, 5.41) is 1.90. The molecule has 17 heavy (non-hydrogen) atoms. The van der Waals surface area contributed by atoms with E-state index in [0.717, 1.165) is 16.6 Å². The minimum absolute atomic E-state index is 0.00102. The minimum atomic E-state index is 0.00102. The van der Waals surface area contributed by atoms with Crippen LogP contribution in [0.25, 0.3) is 10.2 Å². The van der Waals surface area contributed by atoms with Gasteiger partial charge in [0.15, 0.2) is 4.77 Å². The zero-order valence-corrected chi connectivity index (χ0v) is 10.9. The monoisotopic (exact) mass is 268 g/mol. The van der Waals surface area contributed by atoms with E-state index in [0.29, 0.717) is 11.4 Å². The lowest BCUT2D eigenvalue weighted by Crippen LogP contribution is -2.29. The Morgan fingerprint density at radius 3 is 3.18 bits per heavy atom. The van der Waals surface area contributed by atoms with Gasteiger partial charge in [-0.05, 0) is 37.0 Å². The first kappa shape index (κ1) is 11.1. The van der Waals surface area contributed by atoms with Crippen LogP contribution in [0.3, 0.4) is 0 Å². The van der Waals surface area contributed by atoms with Crippen molar-refractivity contribution in [1.29, 1.82) is 0 Å². The van der Waals surface area contributed by atoms with Crippen molar-refractivity contribution >= 4 is 33.8 Å². The van der Waals surface area contributed by atoms with Crippen LogP contribution >= 0.6 is 23.6 Å². The van der Waals surface area contributed by atoms with Crippen molar-refractivity contribution in [3.63, 3.8) is 0 Å². The Balaban J connectivity index is 2.28. The number of nitrogens with zero attached hydrogens (tertiary/aromatic N) is 1. The summed E-state index contributed by atoms with van der Waals surface area (Å²) in [6.07, 6.45) is 0.885. The normalized spacial score (nSPS) is 24.5. The number of aromatic amines is 1. The number of aromatic nitrogens is 2. The van der Waals surface area contributed by atoms with Crippen molar-refractivity contribution in [3.8, 4) is 0 Å². The lowest BCUT2D eigenvalue weighted by Gasteiger charge is -2.17. The fourth-order valence-corrected chi connectivity index (χ4v) is 3.42. The van der Waals surface area contributed by atoms with Crippen LogP contribution in [0.1, 0.15) is 19.4 Å². The number of ether oxygens (including phenoxy) is 1. The van der Waals surface area contributed by atoms with Crippen molar-refractivity contribution in [3.05, 3.63) is 26.6 Å². The predicted octanol–water partition coefficient (Wildman–Crippen LogP) is 2.47. The van der Waals surface area contributed by atoms with E-state index >= 15 is 0 Å². The molecule has 2 unspecified atom stereocenters. The van der Waals surface area contributed by atoms with Gasteiger partial charge in [-0.3, -0.25) is 9.36 Å². The largest absolute Gasteiger partial charge is 0.376 e. The van der Waals surface area contributed by atoms with E-state index in [1.165, 1.54) is 11.3 Å². The van der Waals surface area contributed by atoms with Crippen LogP contribution in [0.2, 0.25) is 0 Å². The molecule has 4 nitrogen and oxygen atoms in total. The van der Waals surface area contributed by atoms with Crippen LogP contribution < -0.4 is 5.56 Å². The number of H-pyrrole nitrogens is 1. The molecule has 0 radical (unpaired) electrons. The molecule has 2 atom stereocenters. The molecule has 0 amide bonds. The first-order chi connectivity index (χ1) is 8.18. The molecule has 3 heterocycles. The summed E-state index contributed by atoms with van der Waals surface area (Å²) >= 11 is 6.72. The molecule has 1 saturated heterocycles. The van der Waals surface area contributed by atoms with E-state index in [1.54, 1.807) is 4.57 Å². The third-order valence-electron chi connectivity index (χ3n) is 3.21. The van der Waals surface area contributed by atoms with Gasteiger partial charge in [0.25, 0.3) is 5.56 Å². The highest BCUT2D eigenvalue weighted by atomic mass is 32.1. The Kier molecular flexibility index (Phi) is 2.65. The first-order valence-electron chi connectivity index (χ1n) is 5.52. The summed E-state index contributed by atoms with van der Waals surface area (Å²) in [6.45, 7) is 2.67. The van der Waals surface area contributed by atoms with Gasteiger partial charge in [-0.1, -0.05) is 0 Å². The quantitative estimate of drug-likeness (QED) is 0.808. The maximum absolute atomic E-state index is 12.4. The highest BCUT2D eigenvalue weighted by molar-refractivity contribution is 7.71. The molecule has 1 N–H and O–H groups in total. The number of hydrogen-bond donors (Lipinski definition) is 1. The van der Waals surface area contributed by atoms with Gasteiger partial charge in [-0.2, -0.15) is 0 Å². The van der Waals surface area contributed by atoms with Crippen molar-refractivity contribution in [2.75, 3.05) is 6.61 Å².